The zero-order valence-corrected chi connectivity index (χ0v) is 8.42. The largest absolute Gasteiger partial charge is 0.491 e. The fourth-order valence-electron chi connectivity index (χ4n) is 1.29. The number of hydrogen-bond acceptors (Lipinski definition) is 4. The summed E-state index contributed by atoms with van der Waals surface area (Å²) in [5.74, 6) is 0.899. The number of hydrazine groups is 2. The highest BCUT2D eigenvalue weighted by atomic mass is 16.5. The lowest BCUT2D eigenvalue weighted by molar-refractivity contribution is 0.217. The van der Waals surface area contributed by atoms with E-state index in [1.54, 1.807) is 0 Å². The van der Waals surface area contributed by atoms with Crippen LogP contribution in [0.3, 0.4) is 0 Å². The van der Waals surface area contributed by atoms with Gasteiger partial charge in [-0.2, -0.15) is 0 Å². The molecule has 1 aliphatic heterocycles. The van der Waals surface area contributed by atoms with Gasteiger partial charge in [-0.15, -0.1) is 5.53 Å². The summed E-state index contributed by atoms with van der Waals surface area (Å²) in [6.45, 7) is 4.18. The predicted molar refractivity (Wildman–Crippen MR) is 57.2 cm³/mol. The Bertz CT molecular complexity index is 327. The van der Waals surface area contributed by atoms with Crippen molar-refractivity contribution in [1.82, 2.24) is 5.53 Å². The van der Waals surface area contributed by atoms with Crippen molar-refractivity contribution in [3.05, 3.63) is 18.2 Å². The van der Waals surface area contributed by atoms with Crippen LogP contribution in [-0.2, 0) is 0 Å². The molecule has 0 radical (unpaired) electrons. The van der Waals surface area contributed by atoms with Crippen molar-refractivity contribution >= 4 is 11.4 Å². The van der Waals surface area contributed by atoms with Crippen molar-refractivity contribution in [3.8, 4) is 5.75 Å². The average molecular weight is 193 g/mol. The molecule has 1 atom stereocenters. The van der Waals surface area contributed by atoms with Gasteiger partial charge in [0.25, 0.3) is 0 Å². The van der Waals surface area contributed by atoms with Crippen molar-refractivity contribution in [2.45, 2.75) is 26.4 Å². The van der Waals surface area contributed by atoms with Crippen molar-refractivity contribution in [2.75, 3.05) is 10.9 Å². The van der Waals surface area contributed by atoms with Gasteiger partial charge < -0.3 is 15.6 Å². The minimum absolute atomic E-state index is 0.260. The second kappa shape index (κ2) is 3.75. The topological polar surface area (TPSA) is 45.3 Å². The maximum Gasteiger partial charge on any atom is 0.121 e. The monoisotopic (exact) mass is 193 g/mol. The third-order valence-electron chi connectivity index (χ3n) is 2.30. The molecule has 0 spiro atoms. The van der Waals surface area contributed by atoms with Crippen LogP contribution < -0.4 is 21.1 Å². The van der Waals surface area contributed by atoms with Crippen LogP contribution in [0.1, 0.15) is 20.3 Å². The molecule has 1 heterocycles. The molecular weight excluding hydrogens is 178 g/mol. The molecule has 14 heavy (non-hydrogen) atoms. The molecule has 3 N–H and O–H groups in total. The summed E-state index contributed by atoms with van der Waals surface area (Å²) in [7, 11) is 0. The molecule has 1 aromatic carbocycles. The molecule has 1 aliphatic rings. The van der Waals surface area contributed by atoms with Gasteiger partial charge in [-0.25, -0.2) is 0 Å². The normalized spacial score (nSPS) is 15.3. The average Bonchev–Trinajstić information content (AvgIpc) is 2.64. The fraction of sp³-hybridized carbons (Fsp3) is 0.400. The molecular formula is C10H15N3O. The van der Waals surface area contributed by atoms with E-state index in [0.717, 1.165) is 23.5 Å². The second-order valence-corrected chi connectivity index (χ2v) is 3.42. The molecule has 0 amide bonds. The number of ether oxygens (including phenoxy) is 1. The zero-order chi connectivity index (χ0) is 9.97. The van der Waals surface area contributed by atoms with Crippen LogP contribution in [0.15, 0.2) is 18.2 Å². The minimum atomic E-state index is 0.260. The first kappa shape index (κ1) is 9.15. The lowest BCUT2D eigenvalue weighted by Crippen LogP contribution is -2.19. The van der Waals surface area contributed by atoms with E-state index in [2.05, 4.69) is 30.2 Å². The molecule has 0 fully saturated rings. The van der Waals surface area contributed by atoms with Crippen LogP contribution in [0.4, 0.5) is 11.4 Å². The summed E-state index contributed by atoms with van der Waals surface area (Å²) < 4.78 is 5.69. The molecule has 0 saturated heterocycles. The lowest BCUT2D eigenvalue weighted by atomic mass is 10.2. The van der Waals surface area contributed by atoms with Crippen molar-refractivity contribution in [3.63, 3.8) is 0 Å². The number of hydrogen-bond donors (Lipinski definition) is 3. The first-order chi connectivity index (χ1) is 6.79. The second-order valence-electron chi connectivity index (χ2n) is 3.42. The van der Waals surface area contributed by atoms with Crippen molar-refractivity contribution in [2.24, 2.45) is 0 Å². The lowest BCUT2D eigenvalue weighted by Gasteiger charge is -2.12. The third-order valence-corrected chi connectivity index (χ3v) is 2.30. The van der Waals surface area contributed by atoms with E-state index in [1.807, 2.05) is 18.2 Å². The van der Waals surface area contributed by atoms with Crippen LogP contribution in [0.25, 0.3) is 0 Å². The van der Waals surface area contributed by atoms with Gasteiger partial charge in [0.15, 0.2) is 0 Å². The molecule has 1 unspecified atom stereocenters. The highest BCUT2D eigenvalue weighted by Crippen LogP contribution is 2.29. The molecule has 0 saturated carbocycles. The Morgan fingerprint density at radius 3 is 2.86 bits per heavy atom. The van der Waals surface area contributed by atoms with Crippen molar-refractivity contribution in [1.29, 1.82) is 0 Å². The fourth-order valence-corrected chi connectivity index (χ4v) is 1.29. The number of anilines is 2. The smallest absolute Gasteiger partial charge is 0.121 e. The van der Waals surface area contributed by atoms with E-state index < -0.39 is 0 Å². The molecule has 4 heteroatoms. The van der Waals surface area contributed by atoms with Gasteiger partial charge in [0.1, 0.15) is 5.75 Å². The quantitative estimate of drug-likeness (QED) is 0.688. The molecule has 2 rings (SSSR count). The summed E-state index contributed by atoms with van der Waals surface area (Å²) >= 11 is 0. The summed E-state index contributed by atoms with van der Waals surface area (Å²) in [5.41, 5.74) is 10.9. The molecule has 0 aliphatic carbocycles. The van der Waals surface area contributed by atoms with E-state index in [9.17, 15) is 0 Å². The van der Waals surface area contributed by atoms with Gasteiger partial charge in [0.2, 0.25) is 0 Å². The van der Waals surface area contributed by atoms with Gasteiger partial charge in [0.05, 0.1) is 17.5 Å². The van der Waals surface area contributed by atoms with Crippen LogP contribution in [-0.4, -0.2) is 6.10 Å². The van der Waals surface area contributed by atoms with Gasteiger partial charge in [-0.1, -0.05) is 6.92 Å². The number of nitrogens with one attached hydrogen (secondary N) is 3. The van der Waals surface area contributed by atoms with Crippen molar-refractivity contribution < 1.29 is 4.74 Å². The Hall–Kier alpha value is -1.42. The van der Waals surface area contributed by atoms with Gasteiger partial charge in [-0.05, 0) is 25.5 Å². The van der Waals surface area contributed by atoms with Crippen LogP contribution >= 0.6 is 0 Å². The first-order valence-electron chi connectivity index (χ1n) is 4.87. The van der Waals surface area contributed by atoms with E-state index in [0.29, 0.717) is 0 Å². The van der Waals surface area contributed by atoms with E-state index in [-0.39, 0.29) is 6.10 Å². The van der Waals surface area contributed by atoms with E-state index in [1.165, 1.54) is 0 Å². The van der Waals surface area contributed by atoms with Gasteiger partial charge >= 0.3 is 0 Å². The summed E-state index contributed by atoms with van der Waals surface area (Å²) in [5, 5.41) is 0. The first-order valence-corrected chi connectivity index (χ1v) is 4.87. The predicted octanol–water partition coefficient (Wildman–Crippen LogP) is 2.12. The Balaban J connectivity index is 2.12. The van der Waals surface area contributed by atoms with Gasteiger partial charge in [0, 0.05) is 6.07 Å². The molecule has 1 aromatic rings. The van der Waals surface area contributed by atoms with E-state index >= 15 is 0 Å². The Kier molecular flexibility index (Phi) is 2.45. The summed E-state index contributed by atoms with van der Waals surface area (Å²) in [6, 6.07) is 5.93. The molecule has 76 valence electrons. The third kappa shape index (κ3) is 1.75. The van der Waals surface area contributed by atoms with Crippen LogP contribution in [0.2, 0.25) is 0 Å². The SMILES string of the molecule is CCC(C)Oc1ccc2c(c1)NNN2. The minimum Gasteiger partial charge on any atom is -0.491 e. The molecule has 0 bridgehead atoms. The zero-order valence-electron chi connectivity index (χ0n) is 8.42. The number of rotatable bonds is 3. The Morgan fingerprint density at radius 1 is 1.29 bits per heavy atom. The maximum atomic E-state index is 5.69. The number of fused-ring (bicyclic) bond motifs is 1. The maximum absolute atomic E-state index is 5.69. The molecule has 0 aromatic heterocycles. The highest BCUT2D eigenvalue weighted by molar-refractivity contribution is 5.73. The summed E-state index contributed by atoms with van der Waals surface area (Å²) in [4.78, 5) is 0. The van der Waals surface area contributed by atoms with Crippen LogP contribution in [0, 0.1) is 0 Å². The number of benzene rings is 1. The Morgan fingerprint density at radius 2 is 2.07 bits per heavy atom. The Labute approximate surface area is 83.6 Å². The standard InChI is InChI=1S/C10H15N3O/c1-3-7(2)14-8-4-5-9-10(6-8)12-13-11-9/h4-7,11-13H,3H2,1-2H3. The molecule has 4 nitrogen and oxygen atoms in total. The van der Waals surface area contributed by atoms with Gasteiger partial charge in [-0.3, -0.25) is 0 Å². The van der Waals surface area contributed by atoms with Crippen LogP contribution in [0.5, 0.6) is 5.75 Å². The summed E-state index contributed by atoms with van der Waals surface area (Å²) in [6.07, 6.45) is 1.27. The van der Waals surface area contributed by atoms with E-state index in [4.69, 9.17) is 4.74 Å². The highest BCUT2D eigenvalue weighted by Gasteiger charge is 2.10.